The van der Waals surface area contributed by atoms with Crippen molar-refractivity contribution in [1.82, 2.24) is 19.8 Å². The molecule has 4 heterocycles. The molecule has 3 aromatic rings. The van der Waals surface area contributed by atoms with E-state index in [9.17, 15) is 4.79 Å². The largest absolute Gasteiger partial charge is 0.356 e. The summed E-state index contributed by atoms with van der Waals surface area (Å²) in [6, 6.07) is 14.3. The minimum absolute atomic E-state index is 0.138. The summed E-state index contributed by atoms with van der Waals surface area (Å²) in [6.45, 7) is 3.87. The summed E-state index contributed by atoms with van der Waals surface area (Å²) in [5, 5.41) is 1.27. The highest BCUT2D eigenvalue weighted by Crippen LogP contribution is 2.37. The van der Waals surface area contributed by atoms with E-state index >= 15 is 0 Å². The van der Waals surface area contributed by atoms with E-state index in [1.165, 1.54) is 30.2 Å². The first kappa shape index (κ1) is 18.4. The van der Waals surface area contributed by atoms with E-state index in [1.54, 1.807) is 0 Å². The SMILES string of the molecule is O=C(CCN1CCCCC1)N1CCc2c([nH]c3ccccc23)C1c1ccccn1. The number of carbonyl (C=O) groups excluding carboxylic acids is 1. The zero-order valence-corrected chi connectivity index (χ0v) is 16.8. The third-order valence-corrected chi connectivity index (χ3v) is 6.41. The van der Waals surface area contributed by atoms with E-state index in [4.69, 9.17) is 0 Å². The van der Waals surface area contributed by atoms with Crippen LogP contribution >= 0.6 is 0 Å². The van der Waals surface area contributed by atoms with Gasteiger partial charge in [0, 0.05) is 42.3 Å². The number of para-hydroxylation sites is 1. The Morgan fingerprint density at radius 1 is 1.03 bits per heavy atom. The third-order valence-electron chi connectivity index (χ3n) is 6.41. The summed E-state index contributed by atoms with van der Waals surface area (Å²) >= 11 is 0. The Kier molecular flexibility index (Phi) is 5.06. The van der Waals surface area contributed by atoms with Crippen LogP contribution in [0.5, 0.6) is 0 Å². The van der Waals surface area contributed by atoms with Crippen molar-refractivity contribution in [3.05, 3.63) is 65.6 Å². The Bertz CT molecular complexity index is 991. The van der Waals surface area contributed by atoms with Crippen molar-refractivity contribution in [1.29, 1.82) is 0 Å². The molecule has 1 aromatic carbocycles. The molecule has 2 aliphatic heterocycles. The van der Waals surface area contributed by atoms with Gasteiger partial charge in [-0.1, -0.05) is 30.7 Å². The number of aromatic nitrogens is 2. The maximum Gasteiger partial charge on any atom is 0.224 e. The van der Waals surface area contributed by atoms with Gasteiger partial charge in [0.25, 0.3) is 0 Å². The summed E-state index contributed by atoms with van der Waals surface area (Å²) in [5.41, 5.74) is 4.53. The second-order valence-electron chi connectivity index (χ2n) is 8.21. The number of hydrogen-bond donors (Lipinski definition) is 1. The van der Waals surface area contributed by atoms with Gasteiger partial charge in [-0.2, -0.15) is 0 Å². The minimum atomic E-state index is -0.138. The van der Waals surface area contributed by atoms with Gasteiger partial charge in [-0.05, 0) is 56.1 Å². The predicted octanol–water partition coefficient (Wildman–Crippen LogP) is 3.91. The molecular formula is C24H28N4O. The van der Waals surface area contributed by atoms with Gasteiger partial charge < -0.3 is 14.8 Å². The Morgan fingerprint density at radius 2 is 1.86 bits per heavy atom. The van der Waals surface area contributed by atoms with Gasteiger partial charge in [0.1, 0.15) is 6.04 Å². The topological polar surface area (TPSA) is 52.2 Å². The van der Waals surface area contributed by atoms with E-state index in [-0.39, 0.29) is 11.9 Å². The first-order valence-corrected chi connectivity index (χ1v) is 10.8. The summed E-state index contributed by atoms with van der Waals surface area (Å²) in [7, 11) is 0. The number of piperidine rings is 1. The van der Waals surface area contributed by atoms with E-state index in [2.05, 4.69) is 39.1 Å². The molecule has 2 aromatic heterocycles. The number of hydrogen-bond acceptors (Lipinski definition) is 3. The molecule has 1 amide bonds. The molecule has 1 saturated heterocycles. The summed E-state index contributed by atoms with van der Waals surface area (Å²) < 4.78 is 0. The molecule has 2 aliphatic rings. The van der Waals surface area contributed by atoms with E-state index < -0.39 is 0 Å². The molecule has 0 bridgehead atoms. The Balaban J connectivity index is 1.45. The number of aromatic amines is 1. The third kappa shape index (κ3) is 3.55. The second-order valence-corrected chi connectivity index (χ2v) is 8.21. The van der Waals surface area contributed by atoms with Crippen LogP contribution in [0.25, 0.3) is 10.9 Å². The lowest BCUT2D eigenvalue weighted by atomic mass is 9.94. The number of nitrogens with zero attached hydrogens (tertiary/aromatic N) is 3. The smallest absolute Gasteiger partial charge is 0.224 e. The zero-order valence-electron chi connectivity index (χ0n) is 16.8. The Hall–Kier alpha value is -2.66. The lowest BCUT2D eigenvalue weighted by Gasteiger charge is -2.36. The molecular weight excluding hydrogens is 360 g/mol. The lowest BCUT2D eigenvalue weighted by Crippen LogP contribution is -2.42. The highest BCUT2D eigenvalue weighted by molar-refractivity contribution is 5.86. The molecule has 1 unspecified atom stereocenters. The number of amides is 1. The average Bonchev–Trinajstić information content (AvgIpc) is 3.17. The maximum atomic E-state index is 13.3. The molecule has 0 spiro atoms. The number of fused-ring (bicyclic) bond motifs is 3. The number of nitrogens with one attached hydrogen (secondary N) is 1. The van der Waals surface area contributed by atoms with Crippen LogP contribution in [0.1, 0.15) is 48.7 Å². The van der Waals surface area contributed by atoms with Gasteiger partial charge in [-0.25, -0.2) is 0 Å². The van der Waals surface area contributed by atoms with Crippen LogP contribution in [0.3, 0.4) is 0 Å². The molecule has 5 nitrogen and oxygen atoms in total. The number of pyridine rings is 1. The molecule has 0 aliphatic carbocycles. The monoisotopic (exact) mass is 388 g/mol. The number of benzene rings is 1. The fourth-order valence-corrected chi connectivity index (χ4v) is 4.94. The highest BCUT2D eigenvalue weighted by Gasteiger charge is 2.35. The number of rotatable bonds is 4. The Morgan fingerprint density at radius 3 is 2.69 bits per heavy atom. The standard InChI is InChI=1S/C24H28N4O/c29-22(12-16-27-14-6-1-7-15-27)28-17-11-19-18-8-2-3-9-20(18)26-23(19)24(28)21-10-4-5-13-25-21/h2-5,8-10,13,24,26H,1,6-7,11-12,14-17H2. The number of likely N-dealkylation sites (tertiary alicyclic amines) is 1. The molecule has 1 N–H and O–H groups in total. The van der Waals surface area contributed by atoms with Crippen LogP contribution in [-0.4, -0.2) is 51.9 Å². The van der Waals surface area contributed by atoms with Crippen molar-refractivity contribution in [3.8, 4) is 0 Å². The Labute approximate surface area is 171 Å². The first-order chi connectivity index (χ1) is 14.3. The molecule has 1 atom stereocenters. The molecule has 1 fully saturated rings. The van der Waals surface area contributed by atoms with Gasteiger partial charge in [-0.15, -0.1) is 0 Å². The van der Waals surface area contributed by atoms with E-state index in [0.717, 1.165) is 49.5 Å². The van der Waals surface area contributed by atoms with Crippen LogP contribution < -0.4 is 0 Å². The van der Waals surface area contributed by atoms with Crippen molar-refractivity contribution in [3.63, 3.8) is 0 Å². The van der Waals surface area contributed by atoms with Crippen molar-refractivity contribution < 1.29 is 4.79 Å². The van der Waals surface area contributed by atoms with E-state index in [0.29, 0.717) is 6.42 Å². The zero-order chi connectivity index (χ0) is 19.6. The van der Waals surface area contributed by atoms with Crippen LogP contribution in [-0.2, 0) is 11.2 Å². The van der Waals surface area contributed by atoms with Crippen molar-refractivity contribution in [2.75, 3.05) is 26.2 Å². The summed E-state index contributed by atoms with van der Waals surface area (Å²) in [4.78, 5) is 26.0. The fourth-order valence-electron chi connectivity index (χ4n) is 4.94. The summed E-state index contributed by atoms with van der Waals surface area (Å²) in [6.07, 6.45) is 7.13. The quantitative estimate of drug-likeness (QED) is 0.737. The molecule has 0 saturated carbocycles. The van der Waals surface area contributed by atoms with Crippen LogP contribution in [0.15, 0.2) is 48.7 Å². The van der Waals surface area contributed by atoms with Crippen LogP contribution in [0, 0.1) is 0 Å². The summed E-state index contributed by atoms with van der Waals surface area (Å²) in [5.74, 6) is 0.232. The molecule has 5 heteroatoms. The van der Waals surface area contributed by atoms with Gasteiger partial charge in [0.05, 0.1) is 5.69 Å². The van der Waals surface area contributed by atoms with Crippen LogP contribution in [0.4, 0.5) is 0 Å². The van der Waals surface area contributed by atoms with E-state index in [1.807, 2.05) is 29.3 Å². The van der Waals surface area contributed by atoms with Crippen molar-refractivity contribution in [2.45, 2.75) is 38.1 Å². The van der Waals surface area contributed by atoms with Gasteiger partial charge in [-0.3, -0.25) is 9.78 Å². The van der Waals surface area contributed by atoms with Gasteiger partial charge in [0.2, 0.25) is 5.91 Å². The maximum absolute atomic E-state index is 13.3. The van der Waals surface area contributed by atoms with Crippen LogP contribution in [0.2, 0.25) is 0 Å². The fraction of sp³-hybridized carbons (Fsp3) is 0.417. The first-order valence-electron chi connectivity index (χ1n) is 10.8. The van der Waals surface area contributed by atoms with Crippen molar-refractivity contribution >= 4 is 16.8 Å². The lowest BCUT2D eigenvalue weighted by molar-refractivity contribution is -0.133. The number of H-pyrrole nitrogens is 1. The normalized spacial score (nSPS) is 20.0. The average molecular weight is 389 g/mol. The van der Waals surface area contributed by atoms with Crippen molar-refractivity contribution in [2.24, 2.45) is 0 Å². The highest BCUT2D eigenvalue weighted by atomic mass is 16.2. The van der Waals surface area contributed by atoms with Gasteiger partial charge in [0.15, 0.2) is 0 Å². The molecule has 5 rings (SSSR count). The second kappa shape index (κ2) is 7.99. The minimum Gasteiger partial charge on any atom is -0.356 e. The number of carbonyl (C=O) groups is 1. The predicted molar refractivity (Wildman–Crippen MR) is 115 cm³/mol. The molecule has 150 valence electrons. The molecule has 0 radical (unpaired) electrons. The van der Waals surface area contributed by atoms with Gasteiger partial charge >= 0.3 is 0 Å². The molecule has 29 heavy (non-hydrogen) atoms.